The third kappa shape index (κ3) is 2.88. The summed E-state index contributed by atoms with van der Waals surface area (Å²) >= 11 is 0. The zero-order valence-corrected chi connectivity index (χ0v) is 14.5. The van der Waals surface area contributed by atoms with E-state index in [2.05, 4.69) is 28.4 Å². The molecule has 0 radical (unpaired) electrons. The normalized spacial score (nSPS) is 11.5. The Morgan fingerprint density at radius 2 is 1.73 bits per heavy atom. The minimum atomic E-state index is -0.404. The van der Waals surface area contributed by atoms with E-state index in [0.29, 0.717) is 5.82 Å². The highest BCUT2D eigenvalue weighted by Gasteiger charge is 2.16. The van der Waals surface area contributed by atoms with Gasteiger partial charge in [-0.15, -0.1) is 10.2 Å². The second-order valence-corrected chi connectivity index (χ2v) is 6.18. The molecule has 2 heterocycles. The summed E-state index contributed by atoms with van der Waals surface area (Å²) in [7, 11) is 0. The highest BCUT2D eigenvalue weighted by molar-refractivity contribution is 5.77. The van der Waals surface area contributed by atoms with Crippen LogP contribution in [0.2, 0.25) is 0 Å². The quantitative estimate of drug-likeness (QED) is 0.410. The Bertz CT molecular complexity index is 1130. The summed E-state index contributed by atoms with van der Waals surface area (Å²) in [6, 6.07) is 18.3. The summed E-state index contributed by atoms with van der Waals surface area (Å²) in [6.45, 7) is 4.08. The van der Waals surface area contributed by atoms with Crippen molar-refractivity contribution in [1.82, 2.24) is 9.38 Å². The second kappa shape index (κ2) is 6.52. The topological polar surface area (TPSA) is 42.0 Å². The summed E-state index contributed by atoms with van der Waals surface area (Å²) < 4.78 is 15.8. The first kappa shape index (κ1) is 16.1. The second-order valence-electron chi connectivity index (χ2n) is 6.18. The van der Waals surface area contributed by atoms with Gasteiger partial charge in [0.1, 0.15) is 17.0 Å². The molecule has 128 valence electrons. The minimum absolute atomic E-state index is 0.199. The van der Waals surface area contributed by atoms with E-state index in [0.717, 1.165) is 28.0 Å². The fraction of sp³-hybridized carbons (Fsp3) is 0.0952. The first-order valence-corrected chi connectivity index (χ1v) is 8.34. The number of azo groups is 1. The van der Waals surface area contributed by atoms with Gasteiger partial charge < -0.3 is 0 Å². The lowest BCUT2D eigenvalue weighted by molar-refractivity contribution is 0.628. The van der Waals surface area contributed by atoms with Gasteiger partial charge >= 0.3 is 0 Å². The summed E-state index contributed by atoms with van der Waals surface area (Å²) in [6.07, 6.45) is 1.88. The molecule has 0 unspecified atom stereocenters. The maximum atomic E-state index is 13.9. The van der Waals surface area contributed by atoms with E-state index in [-0.39, 0.29) is 5.69 Å². The summed E-state index contributed by atoms with van der Waals surface area (Å²) in [4.78, 5) is 4.74. The molecule has 4 aromatic rings. The number of aryl methyl sites for hydroxylation is 2. The zero-order valence-electron chi connectivity index (χ0n) is 14.5. The monoisotopic (exact) mass is 344 g/mol. The lowest BCUT2D eigenvalue weighted by atomic mass is 10.0. The number of hydrogen-bond acceptors (Lipinski definition) is 3. The molecule has 4 rings (SSSR count). The molecule has 0 bridgehead atoms. The van der Waals surface area contributed by atoms with Crippen molar-refractivity contribution in [1.29, 1.82) is 0 Å². The molecule has 2 aromatic heterocycles. The number of imidazole rings is 1. The van der Waals surface area contributed by atoms with Crippen LogP contribution in [0.4, 0.5) is 15.9 Å². The van der Waals surface area contributed by atoms with Crippen LogP contribution in [0, 0.1) is 19.7 Å². The Morgan fingerprint density at radius 3 is 2.58 bits per heavy atom. The molecule has 0 N–H and O–H groups in total. The fourth-order valence-electron chi connectivity index (χ4n) is 2.88. The average Bonchev–Trinajstić information content (AvgIpc) is 3.01. The van der Waals surface area contributed by atoms with Crippen molar-refractivity contribution >= 4 is 17.2 Å². The molecule has 4 nitrogen and oxygen atoms in total. The van der Waals surface area contributed by atoms with Gasteiger partial charge in [-0.1, -0.05) is 35.9 Å². The van der Waals surface area contributed by atoms with Crippen LogP contribution in [0.1, 0.15) is 11.1 Å². The van der Waals surface area contributed by atoms with Crippen molar-refractivity contribution in [3.05, 3.63) is 83.8 Å². The highest BCUT2D eigenvalue weighted by Crippen LogP contribution is 2.34. The van der Waals surface area contributed by atoms with E-state index in [1.165, 1.54) is 6.07 Å². The molecule has 0 atom stereocenters. The standard InChI is InChI=1S/C21H17FN4/c1-14-10-11-15(2)16(13-14)20-21(26-12-6-5-9-19(26)23-20)25-24-18-8-4-3-7-17(18)22/h3-13H,1-2H3. The van der Waals surface area contributed by atoms with Crippen molar-refractivity contribution in [2.45, 2.75) is 13.8 Å². The van der Waals surface area contributed by atoms with Gasteiger partial charge in [-0.05, 0) is 49.7 Å². The molecular weight excluding hydrogens is 327 g/mol. The van der Waals surface area contributed by atoms with Crippen molar-refractivity contribution in [3.63, 3.8) is 0 Å². The van der Waals surface area contributed by atoms with E-state index < -0.39 is 5.82 Å². The number of fused-ring (bicyclic) bond motifs is 1. The van der Waals surface area contributed by atoms with E-state index >= 15 is 0 Å². The molecular formula is C21H17FN4. The average molecular weight is 344 g/mol. The lowest BCUT2D eigenvalue weighted by Crippen LogP contribution is -1.86. The predicted octanol–water partition coefficient (Wildman–Crippen LogP) is 6.17. The van der Waals surface area contributed by atoms with Gasteiger partial charge in [0.2, 0.25) is 0 Å². The number of aromatic nitrogens is 2. The van der Waals surface area contributed by atoms with Crippen molar-refractivity contribution in [2.24, 2.45) is 10.2 Å². The number of hydrogen-bond donors (Lipinski definition) is 0. The zero-order chi connectivity index (χ0) is 18.1. The third-order valence-electron chi connectivity index (χ3n) is 4.26. The Balaban J connectivity index is 1.93. The molecule has 5 heteroatoms. The molecule has 0 aliphatic carbocycles. The first-order valence-electron chi connectivity index (χ1n) is 8.34. The van der Waals surface area contributed by atoms with Crippen LogP contribution in [0.5, 0.6) is 0 Å². The summed E-state index contributed by atoms with van der Waals surface area (Å²) in [5.74, 6) is 0.177. The maximum absolute atomic E-state index is 13.9. The van der Waals surface area contributed by atoms with Crippen LogP contribution >= 0.6 is 0 Å². The maximum Gasteiger partial charge on any atom is 0.187 e. The van der Waals surface area contributed by atoms with Gasteiger partial charge in [-0.25, -0.2) is 9.37 Å². The number of benzene rings is 2. The molecule has 0 aliphatic rings. The van der Waals surface area contributed by atoms with Crippen molar-refractivity contribution < 1.29 is 4.39 Å². The third-order valence-corrected chi connectivity index (χ3v) is 4.26. The first-order chi connectivity index (χ1) is 12.6. The lowest BCUT2D eigenvalue weighted by Gasteiger charge is -2.05. The molecule has 0 saturated heterocycles. The minimum Gasteiger partial charge on any atom is -0.283 e. The van der Waals surface area contributed by atoms with Crippen LogP contribution in [-0.4, -0.2) is 9.38 Å². The van der Waals surface area contributed by atoms with Crippen molar-refractivity contribution in [2.75, 3.05) is 0 Å². The van der Waals surface area contributed by atoms with Gasteiger partial charge in [0.15, 0.2) is 11.6 Å². The van der Waals surface area contributed by atoms with Crippen molar-refractivity contribution in [3.8, 4) is 11.3 Å². The molecule has 0 amide bonds. The number of nitrogens with zero attached hydrogens (tertiary/aromatic N) is 4. The van der Waals surface area contributed by atoms with E-state index in [1.807, 2.05) is 42.6 Å². The summed E-state index contributed by atoms with van der Waals surface area (Å²) in [5, 5.41) is 8.48. The van der Waals surface area contributed by atoms with Crippen LogP contribution < -0.4 is 0 Å². The number of pyridine rings is 1. The van der Waals surface area contributed by atoms with Gasteiger partial charge in [-0.3, -0.25) is 4.40 Å². The fourth-order valence-corrected chi connectivity index (χ4v) is 2.88. The van der Waals surface area contributed by atoms with Gasteiger partial charge in [-0.2, -0.15) is 0 Å². The Hall–Kier alpha value is -3.34. The Morgan fingerprint density at radius 1 is 0.923 bits per heavy atom. The highest BCUT2D eigenvalue weighted by atomic mass is 19.1. The van der Waals surface area contributed by atoms with Crippen LogP contribution in [0.25, 0.3) is 16.9 Å². The Kier molecular flexibility index (Phi) is 4.05. The van der Waals surface area contributed by atoms with Gasteiger partial charge in [0, 0.05) is 11.8 Å². The van der Waals surface area contributed by atoms with Crippen LogP contribution in [-0.2, 0) is 0 Å². The molecule has 0 spiro atoms. The summed E-state index contributed by atoms with van der Waals surface area (Å²) in [5.41, 5.74) is 4.94. The Labute approximate surface area is 150 Å². The van der Waals surface area contributed by atoms with E-state index in [9.17, 15) is 4.39 Å². The molecule has 0 saturated carbocycles. The molecule has 0 aliphatic heterocycles. The smallest absolute Gasteiger partial charge is 0.187 e. The predicted molar refractivity (Wildman–Crippen MR) is 101 cm³/mol. The van der Waals surface area contributed by atoms with E-state index in [1.54, 1.807) is 18.2 Å². The molecule has 26 heavy (non-hydrogen) atoms. The van der Waals surface area contributed by atoms with Crippen LogP contribution in [0.3, 0.4) is 0 Å². The van der Waals surface area contributed by atoms with Crippen LogP contribution in [0.15, 0.2) is 77.1 Å². The molecule has 0 fully saturated rings. The molecule has 2 aromatic carbocycles. The van der Waals surface area contributed by atoms with Gasteiger partial charge in [0.05, 0.1) is 0 Å². The number of halogens is 1. The SMILES string of the molecule is Cc1ccc(C)c(-c2nc3ccccn3c2N=Nc2ccccc2F)c1. The van der Waals surface area contributed by atoms with Gasteiger partial charge in [0.25, 0.3) is 0 Å². The van der Waals surface area contributed by atoms with E-state index in [4.69, 9.17) is 4.98 Å². The number of rotatable bonds is 3. The largest absolute Gasteiger partial charge is 0.283 e.